The first-order valence-electron chi connectivity index (χ1n) is 4.65. The Hall–Kier alpha value is 0.210. The van der Waals surface area contributed by atoms with Crippen LogP contribution in [0.4, 0.5) is 0 Å². The summed E-state index contributed by atoms with van der Waals surface area (Å²) in [4.78, 5) is 0. The van der Waals surface area contributed by atoms with Crippen LogP contribution in [-0.4, -0.2) is 32.2 Å². The molecule has 0 saturated carbocycles. The van der Waals surface area contributed by atoms with Crippen molar-refractivity contribution < 1.29 is 4.74 Å². The number of rotatable bonds is 8. The third kappa shape index (κ3) is 8.31. The lowest BCUT2D eigenvalue weighted by Crippen LogP contribution is -2.20. The maximum absolute atomic E-state index is 5.94. The van der Waals surface area contributed by atoms with Crippen molar-refractivity contribution >= 4 is 11.6 Å². The second kappa shape index (κ2) is 9.30. The van der Waals surface area contributed by atoms with E-state index in [0.29, 0.717) is 5.38 Å². The van der Waals surface area contributed by atoms with Gasteiger partial charge in [-0.25, -0.2) is 0 Å². The van der Waals surface area contributed by atoms with Gasteiger partial charge in [0.2, 0.25) is 0 Å². The van der Waals surface area contributed by atoms with E-state index < -0.39 is 0 Å². The van der Waals surface area contributed by atoms with Crippen LogP contribution in [0.3, 0.4) is 0 Å². The van der Waals surface area contributed by atoms with E-state index in [2.05, 4.69) is 12.2 Å². The van der Waals surface area contributed by atoms with Gasteiger partial charge in [-0.05, 0) is 32.4 Å². The van der Waals surface area contributed by atoms with Gasteiger partial charge >= 0.3 is 0 Å². The number of nitrogens with one attached hydrogen (secondary N) is 1. The zero-order chi connectivity index (χ0) is 9.23. The van der Waals surface area contributed by atoms with Crippen LogP contribution in [0.2, 0.25) is 0 Å². The number of methoxy groups -OCH3 is 1. The van der Waals surface area contributed by atoms with Crippen LogP contribution >= 0.6 is 11.6 Å². The van der Waals surface area contributed by atoms with Crippen molar-refractivity contribution in [2.24, 2.45) is 0 Å². The number of hydrogen-bond donors (Lipinski definition) is 1. The normalized spacial score (nSPS) is 13.2. The first kappa shape index (κ1) is 12.2. The fraction of sp³-hybridized carbons (Fsp3) is 1.00. The Morgan fingerprint density at radius 2 is 2.17 bits per heavy atom. The molecule has 12 heavy (non-hydrogen) atoms. The summed E-state index contributed by atoms with van der Waals surface area (Å²) in [5.41, 5.74) is 0. The predicted octanol–water partition coefficient (Wildman–Crippen LogP) is 2.02. The second-order valence-electron chi connectivity index (χ2n) is 2.89. The van der Waals surface area contributed by atoms with Gasteiger partial charge in [0.05, 0.1) is 0 Å². The standard InChI is InChI=1S/C9H20ClNO/c1-3-9(10)5-7-11-6-4-8-12-2/h9,11H,3-8H2,1-2H3. The third-order valence-corrected chi connectivity index (χ3v) is 2.31. The molecule has 0 saturated heterocycles. The summed E-state index contributed by atoms with van der Waals surface area (Å²) >= 11 is 5.94. The monoisotopic (exact) mass is 193 g/mol. The van der Waals surface area contributed by atoms with Gasteiger partial charge in [0.1, 0.15) is 0 Å². The number of hydrogen-bond acceptors (Lipinski definition) is 2. The lowest BCUT2D eigenvalue weighted by Gasteiger charge is -2.07. The average molecular weight is 194 g/mol. The van der Waals surface area contributed by atoms with Gasteiger partial charge in [0.25, 0.3) is 0 Å². The quantitative estimate of drug-likeness (QED) is 0.471. The molecule has 0 aromatic heterocycles. The SMILES string of the molecule is CCC(Cl)CCNCCCOC. The predicted molar refractivity (Wildman–Crippen MR) is 53.9 cm³/mol. The highest BCUT2D eigenvalue weighted by Gasteiger charge is 1.98. The Bertz CT molecular complexity index is 90.6. The van der Waals surface area contributed by atoms with E-state index in [-0.39, 0.29) is 0 Å². The average Bonchev–Trinajstić information content (AvgIpc) is 2.10. The van der Waals surface area contributed by atoms with E-state index in [1.807, 2.05) is 0 Å². The van der Waals surface area contributed by atoms with Crippen LogP contribution < -0.4 is 5.32 Å². The molecule has 0 fully saturated rings. The summed E-state index contributed by atoms with van der Waals surface area (Å²) in [5.74, 6) is 0. The Morgan fingerprint density at radius 3 is 2.75 bits per heavy atom. The van der Waals surface area contributed by atoms with E-state index in [0.717, 1.165) is 39.0 Å². The largest absolute Gasteiger partial charge is 0.385 e. The Morgan fingerprint density at radius 1 is 1.42 bits per heavy atom. The Labute approximate surface area is 80.6 Å². The maximum atomic E-state index is 5.94. The van der Waals surface area contributed by atoms with Crippen LogP contribution in [0.15, 0.2) is 0 Å². The molecule has 1 atom stereocenters. The zero-order valence-electron chi connectivity index (χ0n) is 8.11. The molecule has 0 aliphatic rings. The molecule has 0 aromatic carbocycles. The van der Waals surface area contributed by atoms with Gasteiger partial charge in [-0.1, -0.05) is 6.92 Å². The van der Waals surface area contributed by atoms with E-state index >= 15 is 0 Å². The summed E-state index contributed by atoms with van der Waals surface area (Å²) in [6, 6.07) is 0. The summed E-state index contributed by atoms with van der Waals surface area (Å²) in [7, 11) is 1.73. The Balaban J connectivity index is 2.90. The lowest BCUT2D eigenvalue weighted by atomic mass is 10.2. The highest BCUT2D eigenvalue weighted by atomic mass is 35.5. The van der Waals surface area contributed by atoms with Crippen molar-refractivity contribution in [2.45, 2.75) is 31.6 Å². The van der Waals surface area contributed by atoms with Crippen LogP contribution in [0.1, 0.15) is 26.2 Å². The van der Waals surface area contributed by atoms with Gasteiger partial charge in [-0.2, -0.15) is 0 Å². The Kier molecular flexibility index (Phi) is 9.46. The van der Waals surface area contributed by atoms with Gasteiger partial charge in [-0.3, -0.25) is 0 Å². The summed E-state index contributed by atoms with van der Waals surface area (Å²) < 4.78 is 4.92. The van der Waals surface area contributed by atoms with Gasteiger partial charge in [0, 0.05) is 19.1 Å². The second-order valence-corrected chi connectivity index (χ2v) is 3.51. The number of halogens is 1. The molecule has 0 amide bonds. The molecule has 0 bridgehead atoms. The lowest BCUT2D eigenvalue weighted by molar-refractivity contribution is 0.194. The molecule has 0 radical (unpaired) electrons. The van der Waals surface area contributed by atoms with Gasteiger partial charge < -0.3 is 10.1 Å². The van der Waals surface area contributed by atoms with E-state index in [9.17, 15) is 0 Å². The molecule has 1 N–H and O–H groups in total. The zero-order valence-corrected chi connectivity index (χ0v) is 8.86. The molecule has 0 heterocycles. The van der Waals surface area contributed by atoms with Gasteiger partial charge in [0.15, 0.2) is 0 Å². The van der Waals surface area contributed by atoms with Crippen LogP contribution in [0.25, 0.3) is 0 Å². The van der Waals surface area contributed by atoms with Crippen molar-refractivity contribution in [1.29, 1.82) is 0 Å². The molecule has 0 rings (SSSR count). The molecular weight excluding hydrogens is 174 g/mol. The van der Waals surface area contributed by atoms with Gasteiger partial charge in [-0.15, -0.1) is 11.6 Å². The fourth-order valence-electron chi connectivity index (χ4n) is 0.929. The molecule has 1 unspecified atom stereocenters. The number of ether oxygens (including phenoxy) is 1. The van der Waals surface area contributed by atoms with E-state index in [1.165, 1.54) is 0 Å². The first-order valence-corrected chi connectivity index (χ1v) is 5.08. The highest BCUT2D eigenvalue weighted by Crippen LogP contribution is 2.04. The molecular formula is C9H20ClNO. The fourth-order valence-corrected chi connectivity index (χ4v) is 1.04. The molecule has 0 spiro atoms. The van der Waals surface area contributed by atoms with E-state index in [4.69, 9.17) is 16.3 Å². The minimum atomic E-state index is 0.333. The van der Waals surface area contributed by atoms with Crippen molar-refractivity contribution in [3.8, 4) is 0 Å². The third-order valence-electron chi connectivity index (χ3n) is 1.78. The highest BCUT2D eigenvalue weighted by molar-refractivity contribution is 6.20. The summed E-state index contributed by atoms with van der Waals surface area (Å²) in [5, 5.41) is 3.65. The van der Waals surface area contributed by atoms with E-state index in [1.54, 1.807) is 7.11 Å². The summed E-state index contributed by atoms with van der Waals surface area (Å²) in [6.07, 6.45) is 3.20. The molecule has 0 aliphatic carbocycles. The maximum Gasteiger partial charge on any atom is 0.0474 e. The van der Waals surface area contributed by atoms with Crippen LogP contribution in [0, 0.1) is 0 Å². The molecule has 0 aromatic rings. The minimum absolute atomic E-state index is 0.333. The topological polar surface area (TPSA) is 21.3 Å². The number of alkyl halides is 1. The smallest absolute Gasteiger partial charge is 0.0474 e. The van der Waals surface area contributed by atoms with Crippen LogP contribution in [0.5, 0.6) is 0 Å². The van der Waals surface area contributed by atoms with Crippen molar-refractivity contribution in [1.82, 2.24) is 5.32 Å². The molecule has 74 valence electrons. The van der Waals surface area contributed by atoms with Crippen molar-refractivity contribution in [2.75, 3.05) is 26.8 Å². The molecule has 0 aliphatic heterocycles. The van der Waals surface area contributed by atoms with Crippen LogP contribution in [-0.2, 0) is 4.74 Å². The summed E-state index contributed by atoms with van der Waals surface area (Å²) in [6.45, 7) is 5.00. The molecule has 3 heteroatoms. The molecule has 2 nitrogen and oxygen atoms in total. The van der Waals surface area contributed by atoms with Crippen molar-refractivity contribution in [3.05, 3.63) is 0 Å². The minimum Gasteiger partial charge on any atom is -0.385 e. The first-order chi connectivity index (χ1) is 5.81. The van der Waals surface area contributed by atoms with Crippen molar-refractivity contribution in [3.63, 3.8) is 0 Å².